The van der Waals surface area contributed by atoms with E-state index in [0.717, 1.165) is 11.0 Å². The predicted octanol–water partition coefficient (Wildman–Crippen LogP) is 2.18. The molecule has 0 atom stereocenters. The van der Waals surface area contributed by atoms with E-state index in [0.29, 0.717) is 6.54 Å². The van der Waals surface area contributed by atoms with Gasteiger partial charge in [-0.05, 0) is 31.2 Å². The first kappa shape index (κ1) is 15.6. The van der Waals surface area contributed by atoms with Crippen LogP contribution >= 0.6 is 15.9 Å². The lowest BCUT2D eigenvalue weighted by atomic mass is 9.92. The second-order valence-corrected chi connectivity index (χ2v) is 6.24. The molecule has 2 N–H and O–H groups in total. The fourth-order valence-electron chi connectivity index (χ4n) is 1.97. The summed E-state index contributed by atoms with van der Waals surface area (Å²) in [6.45, 7) is 5.41. The molecule has 0 aliphatic carbocycles. The highest BCUT2D eigenvalue weighted by Crippen LogP contribution is 2.20. The van der Waals surface area contributed by atoms with Gasteiger partial charge in [0.2, 0.25) is 0 Å². The summed E-state index contributed by atoms with van der Waals surface area (Å²) >= 11 is 3.49. The van der Waals surface area contributed by atoms with E-state index < -0.39 is 5.41 Å². The van der Waals surface area contributed by atoms with Gasteiger partial charge in [0.1, 0.15) is 0 Å². The van der Waals surface area contributed by atoms with Crippen LogP contribution in [0.15, 0.2) is 22.7 Å². The van der Waals surface area contributed by atoms with E-state index in [1.165, 1.54) is 11.1 Å². The molecule has 0 aromatic heterocycles. The van der Waals surface area contributed by atoms with Crippen LogP contribution in [0, 0.1) is 12.3 Å². The molecule has 102 valence electrons. The van der Waals surface area contributed by atoms with Crippen molar-refractivity contribution in [1.82, 2.24) is 4.90 Å². The summed E-state index contributed by atoms with van der Waals surface area (Å²) in [5, 5.41) is 18.6. The molecule has 3 nitrogen and oxygen atoms in total. The fourth-order valence-corrected chi connectivity index (χ4v) is 2.22. The third-order valence-corrected chi connectivity index (χ3v) is 3.98. The molecule has 0 spiro atoms. The van der Waals surface area contributed by atoms with Crippen LogP contribution in [-0.2, 0) is 6.54 Å². The van der Waals surface area contributed by atoms with Crippen molar-refractivity contribution in [3.8, 4) is 0 Å². The zero-order chi connectivity index (χ0) is 13.8. The van der Waals surface area contributed by atoms with Gasteiger partial charge >= 0.3 is 0 Å². The molecule has 1 rings (SSSR count). The molecule has 1 aromatic rings. The third kappa shape index (κ3) is 4.35. The number of nitrogens with zero attached hydrogens (tertiary/aromatic N) is 1. The van der Waals surface area contributed by atoms with Crippen molar-refractivity contribution in [1.29, 1.82) is 0 Å². The van der Waals surface area contributed by atoms with Gasteiger partial charge in [-0.15, -0.1) is 0 Å². The Bertz CT molecular complexity index is 391. The number of aliphatic hydroxyl groups excluding tert-OH is 2. The van der Waals surface area contributed by atoms with E-state index in [2.05, 4.69) is 46.0 Å². The van der Waals surface area contributed by atoms with Gasteiger partial charge in [-0.2, -0.15) is 0 Å². The van der Waals surface area contributed by atoms with E-state index in [4.69, 9.17) is 0 Å². The Hall–Kier alpha value is -0.420. The quantitative estimate of drug-likeness (QED) is 0.845. The number of aliphatic hydroxyl groups is 2. The normalized spacial score (nSPS) is 12.2. The highest BCUT2D eigenvalue weighted by Gasteiger charge is 2.24. The maximum Gasteiger partial charge on any atom is 0.0519 e. The number of hydrogen-bond donors (Lipinski definition) is 2. The molecule has 0 heterocycles. The topological polar surface area (TPSA) is 43.7 Å². The molecule has 0 saturated heterocycles. The van der Waals surface area contributed by atoms with E-state index in [9.17, 15) is 10.2 Å². The highest BCUT2D eigenvalue weighted by molar-refractivity contribution is 9.10. The molecule has 0 aliphatic heterocycles. The number of rotatable bonds is 6. The average Bonchev–Trinajstić information content (AvgIpc) is 2.33. The first-order valence-electron chi connectivity index (χ1n) is 6.05. The standard InChI is InChI=1S/C14H22BrNO2/c1-11-6-12(4-5-13(11)15)7-16(3)8-14(2,9-17)10-18/h4-6,17-18H,7-10H2,1-3H3. The average molecular weight is 316 g/mol. The van der Waals surface area contributed by atoms with E-state index in [-0.39, 0.29) is 13.2 Å². The molecule has 0 radical (unpaired) electrons. The van der Waals surface area contributed by atoms with Crippen LogP contribution in [-0.4, -0.2) is 41.9 Å². The first-order chi connectivity index (χ1) is 8.40. The van der Waals surface area contributed by atoms with Gasteiger partial charge < -0.3 is 15.1 Å². The molecule has 0 fully saturated rings. The molecule has 0 amide bonds. The predicted molar refractivity (Wildman–Crippen MR) is 77.5 cm³/mol. The van der Waals surface area contributed by atoms with Crippen LogP contribution < -0.4 is 0 Å². The van der Waals surface area contributed by atoms with Crippen molar-refractivity contribution in [3.05, 3.63) is 33.8 Å². The molecule has 0 unspecified atom stereocenters. The zero-order valence-corrected chi connectivity index (χ0v) is 12.9. The van der Waals surface area contributed by atoms with Gasteiger partial charge in [0, 0.05) is 23.0 Å². The SMILES string of the molecule is Cc1cc(CN(C)CC(C)(CO)CO)ccc1Br. The number of halogens is 1. The van der Waals surface area contributed by atoms with Gasteiger partial charge in [0.15, 0.2) is 0 Å². The summed E-state index contributed by atoms with van der Waals surface area (Å²) < 4.78 is 1.12. The van der Waals surface area contributed by atoms with Crippen LogP contribution in [0.2, 0.25) is 0 Å². The monoisotopic (exact) mass is 315 g/mol. The van der Waals surface area contributed by atoms with Gasteiger partial charge in [-0.25, -0.2) is 0 Å². The van der Waals surface area contributed by atoms with Crippen molar-refractivity contribution < 1.29 is 10.2 Å². The van der Waals surface area contributed by atoms with Gasteiger partial charge in [-0.3, -0.25) is 0 Å². The lowest BCUT2D eigenvalue weighted by Gasteiger charge is -2.30. The molecular formula is C14H22BrNO2. The molecular weight excluding hydrogens is 294 g/mol. The van der Waals surface area contributed by atoms with Crippen molar-refractivity contribution >= 4 is 15.9 Å². The summed E-state index contributed by atoms with van der Waals surface area (Å²) in [5.41, 5.74) is 2.00. The van der Waals surface area contributed by atoms with Gasteiger partial charge in [0.25, 0.3) is 0 Å². The third-order valence-electron chi connectivity index (χ3n) is 3.09. The number of benzene rings is 1. The lowest BCUT2D eigenvalue weighted by Crippen LogP contribution is -2.38. The van der Waals surface area contributed by atoms with Crippen molar-refractivity contribution in [2.75, 3.05) is 26.8 Å². The minimum absolute atomic E-state index is 0.00674. The Kier molecular flexibility index (Phi) is 5.79. The second-order valence-electron chi connectivity index (χ2n) is 5.38. The van der Waals surface area contributed by atoms with Crippen molar-refractivity contribution in [2.24, 2.45) is 5.41 Å². The minimum Gasteiger partial charge on any atom is -0.396 e. The Balaban J connectivity index is 2.64. The summed E-state index contributed by atoms with van der Waals surface area (Å²) in [6, 6.07) is 6.29. The number of hydrogen-bond acceptors (Lipinski definition) is 3. The Morgan fingerprint density at radius 1 is 1.28 bits per heavy atom. The first-order valence-corrected chi connectivity index (χ1v) is 6.85. The summed E-state index contributed by atoms with van der Waals surface area (Å²) in [6.07, 6.45) is 0. The minimum atomic E-state index is -0.445. The Morgan fingerprint density at radius 3 is 2.39 bits per heavy atom. The Morgan fingerprint density at radius 2 is 1.89 bits per heavy atom. The van der Waals surface area contributed by atoms with Crippen LogP contribution in [0.4, 0.5) is 0 Å². The van der Waals surface area contributed by atoms with Crippen LogP contribution in [0.1, 0.15) is 18.1 Å². The molecule has 0 saturated carbocycles. The molecule has 18 heavy (non-hydrogen) atoms. The summed E-state index contributed by atoms with van der Waals surface area (Å²) in [4.78, 5) is 2.12. The molecule has 0 bridgehead atoms. The van der Waals surface area contributed by atoms with Gasteiger partial charge in [-0.1, -0.05) is 35.0 Å². The highest BCUT2D eigenvalue weighted by atomic mass is 79.9. The zero-order valence-electron chi connectivity index (χ0n) is 11.3. The van der Waals surface area contributed by atoms with Crippen LogP contribution in [0.25, 0.3) is 0 Å². The van der Waals surface area contributed by atoms with E-state index in [1.807, 2.05) is 14.0 Å². The van der Waals surface area contributed by atoms with Crippen molar-refractivity contribution in [3.63, 3.8) is 0 Å². The van der Waals surface area contributed by atoms with E-state index in [1.54, 1.807) is 0 Å². The van der Waals surface area contributed by atoms with E-state index >= 15 is 0 Å². The molecule has 0 aliphatic rings. The fraction of sp³-hybridized carbons (Fsp3) is 0.571. The molecule has 1 aromatic carbocycles. The number of aryl methyl sites for hydroxylation is 1. The Labute approximate surface area is 118 Å². The smallest absolute Gasteiger partial charge is 0.0519 e. The van der Waals surface area contributed by atoms with Crippen molar-refractivity contribution in [2.45, 2.75) is 20.4 Å². The molecule has 4 heteroatoms. The summed E-state index contributed by atoms with van der Waals surface area (Å²) in [7, 11) is 2.00. The van der Waals surface area contributed by atoms with Gasteiger partial charge in [0.05, 0.1) is 13.2 Å². The second kappa shape index (κ2) is 6.66. The van der Waals surface area contributed by atoms with Crippen LogP contribution in [0.3, 0.4) is 0 Å². The maximum atomic E-state index is 9.29. The van der Waals surface area contributed by atoms with Crippen LogP contribution in [0.5, 0.6) is 0 Å². The lowest BCUT2D eigenvalue weighted by molar-refractivity contribution is 0.0402. The maximum absolute atomic E-state index is 9.29. The summed E-state index contributed by atoms with van der Waals surface area (Å²) in [5.74, 6) is 0. The largest absolute Gasteiger partial charge is 0.396 e.